The molecule has 0 aliphatic carbocycles. The lowest BCUT2D eigenvalue weighted by Gasteiger charge is -2.15. The Balaban J connectivity index is 2.67. The van der Waals surface area contributed by atoms with Crippen molar-refractivity contribution in [3.8, 4) is 0 Å². The van der Waals surface area contributed by atoms with Crippen LogP contribution in [0, 0.1) is 0 Å². The first-order valence-corrected chi connectivity index (χ1v) is 6.84. The summed E-state index contributed by atoms with van der Waals surface area (Å²) in [6, 6.07) is 7.91. The van der Waals surface area contributed by atoms with Gasteiger partial charge in [-0.15, -0.1) is 0 Å². The van der Waals surface area contributed by atoms with Crippen LogP contribution in [0.2, 0.25) is 0 Å². The molecule has 1 amide bonds. The zero-order valence-electron chi connectivity index (χ0n) is 9.46. The van der Waals surface area contributed by atoms with Gasteiger partial charge >= 0.3 is 0 Å². The third-order valence-electron chi connectivity index (χ3n) is 2.28. The molecule has 0 radical (unpaired) electrons. The van der Waals surface area contributed by atoms with E-state index in [1.807, 2.05) is 0 Å². The minimum Gasteiger partial charge on any atom is -0.348 e. The van der Waals surface area contributed by atoms with Crippen molar-refractivity contribution in [2.75, 3.05) is 5.75 Å². The fourth-order valence-corrected chi connectivity index (χ4v) is 2.20. The zero-order chi connectivity index (χ0) is 12.9. The van der Waals surface area contributed by atoms with Crippen molar-refractivity contribution in [3.05, 3.63) is 35.9 Å². The van der Waals surface area contributed by atoms with E-state index >= 15 is 0 Å². The van der Waals surface area contributed by atoms with Crippen LogP contribution in [0.1, 0.15) is 23.7 Å². The van der Waals surface area contributed by atoms with Gasteiger partial charge in [-0.25, -0.2) is 0 Å². The Labute approximate surface area is 101 Å². The van der Waals surface area contributed by atoms with E-state index in [1.165, 1.54) is 0 Å². The standard InChI is InChI=1S/C11H15NO4S/c1-2-10(8-17(14,15)16)12-11(13)9-6-4-3-5-7-9/h3-7,10H,2,8H2,1H3,(H,12,13)(H,14,15,16). The summed E-state index contributed by atoms with van der Waals surface area (Å²) in [4.78, 5) is 11.7. The molecule has 0 saturated carbocycles. The van der Waals surface area contributed by atoms with E-state index in [0.29, 0.717) is 12.0 Å². The quantitative estimate of drug-likeness (QED) is 0.773. The zero-order valence-corrected chi connectivity index (χ0v) is 10.3. The Hall–Kier alpha value is -1.40. The van der Waals surface area contributed by atoms with E-state index in [1.54, 1.807) is 37.3 Å². The molecule has 0 fully saturated rings. The second-order valence-electron chi connectivity index (χ2n) is 3.69. The highest BCUT2D eigenvalue weighted by atomic mass is 32.2. The van der Waals surface area contributed by atoms with Gasteiger partial charge in [-0.05, 0) is 18.6 Å². The molecular weight excluding hydrogens is 242 g/mol. The number of nitrogens with one attached hydrogen (secondary N) is 1. The first-order chi connectivity index (χ1) is 7.92. The molecule has 0 saturated heterocycles. The number of hydrogen-bond acceptors (Lipinski definition) is 3. The average Bonchev–Trinajstić information content (AvgIpc) is 2.27. The monoisotopic (exact) mass is 257 g/mol. The Morgan fingerprint density at radius 1 is 1.35 bits per heavy atom. The predicted molar refractivity (Wildman–Crippen MR) is 64.4 cm³/mol. The molecule has 1 aromatic rings. The van der Waals surface area contributed by atoms with Crippen molar-refractivity contribution in [1.82, 2.24) is 5.32 Å². The van der Waals surface area contributed by atoms with Gasteiger partial charge < -0.3 is 5.32 Å². The third-order valence-corrected chi connectivity index (χ3v) is 3.10. The SMILES string of the molecule is CCC(CS(=O)(=O)O)NC(=O)c1ccccc1. The van der Waals surface area contributed by atoms with E-state index in [-0.39, 0.29) is 5.91 Å². The first-order valence-electron chi connectivity index (χ1n) is 5.23. The molecule has 0 bridgehead atoms. The lowest BCUT2D eigenvalue weighted by atomic mass is 10.2. The van der Waals surface area contributed by atoms with Gasteiger partial charge in [0.1, 0.15) is 0 Å². The topological polar surface area (TPSA) is 83.5 Å². The van der Waals surface area contributed by atoms with Gasteiger partial charge in [-0.2, -0.15) is 8.42 Å². The smallest absolute Gasteiger partial charge is 0.266 e. The molecule has 2 N–H and O–H groups in total. The highest BCUT2D eigenvalue weighted by molar-refractivity contribution is 7.85. The summed E-state index contributed by atoms with van der Waals surface area (Å²) in [6.45, 7) is 1.74. The fraction of sp³-hybridized carbons (Fsp3) is 0.364. The summed E-state index contributed by atoms with van der Waals surface area (Å²) in [5, 5.41) is 2.56. The molecule has 0 heterocycles. The summed E-state index contributed by atoms with van der Waals surface area (Å²) in [7, 11) is -4.08. The molecule has 1 rings (SSSR count). The van der Waals surface area contributed by atoms with Crippen LogP contribution in [-0.2, 0) is 10.1 Å². The molecule has 94 valence electrons. The Morgan fingerprint density at radius 3 is 2.41 bits per heavy atom. The molecule has 1 aromatic carbocycles. The minimum atomic E-state index is -4.08. The van der Waals surface area contributed by atoms with Crippen molar-refractivity contribution in [2.45, 2.75) is 19.4 Å². The van der Waals surface area contributed by atoms with Gasteiger partial charge in [0.2, 0.25) is 0 Å². The van der Waals surface area contributed by atoms with Crippen LogP contribution in [0.4, 0.5) is 0 Å². The predicted octanol–water partition coefficient (Wildman–Crippen LogP) is 1.08. The maximum atomic E-state index is 11.7. The second kappa shape index (κ2) is 5.79. The van der Waals surface area contributed by atoms with Crippen LogP contribution < -0.4 is 5.32 Å². The lowest BCUT2D eigenvalue weighted by molar-refractivity contribution is 0.0939. The summed E-state index contributed by atoms with van der Waals surface area (Å²) >= 11 is 0. The first kappa shape index (κ1) is 13.7. The van der Waals surface area contributed by atoms with Gasteiger partial charge in [0.05, 0.1) is 5.75 Å². The van der Waals surface area contributed by atoms with Crippen LogP contribution in [0.3, 0.4) is 0 Å². The van der Waals surface area contributed by atoms with Crippen molar-refractivity contribution in [2.24, 2.45) is 0 Å². The van der Waals surface area contributed by atoms with Crippen molar-refractivity contribution < 1.29 is 17.8 Å². The molecule has 5 nitrogen and oxygen atoms in total. The lowest BCUT2D eigenvalue weighted by Crippen LogP contribution is -2.39. The summed E-state index contributed by atoms with van der Waals surface area (Å²) < 4.78 is 30.2. The van der Waals surface area contributed by atoms with Gasteiger partial charge in [0, 0.05) is 11.6 Å². The van der Waals surface area contributed by atoms with E-state index in [0.717, 1.165) is 0 Å². The van der Waals surface area contributed by atoms with Gasteiger partial charge in [-0.1, -0.05) is 25.1 Å². The second-order valence-corrected chi connectivity index (χ2v) is 5.19. The van der Waals surface area contributed by atoms with E-state index in [9.17, 15) is 13.2 Å². The number of carbonyl (C=O) groups excluding carboxylic acids is 1. The van der Waals surface area contributed by atoms with Crippen LogP contribution >= 0.6 is 0 Å². The largest absolute Gasteiger partial charge is 0.348 e. The Kier molecular flexibility index (Phi) is 4.65. The van der Waals surface area contributed by atoms with Crippen LogP contribution in [0.15, 0.2) is 30.3 Å². The number of rotatable bonds is 5. The van der Waals surface area contributed by atoms with Gasteiger partial charge in [0.25, 0.3) is 16.0 Å². The average molecular weight is 257 g/mol. The molecule has 0 aromatic heterocycles. The highest BCUT2D eigenvalue weighted by Gasteiger charge is 2.17. The summed E-state index contributed by atoms with van der Waals surface area (Å²) in [6.07, 6.45) is 0.429. The molecule has 0 aliphatic heterocycles. The number of amides is 1. The molecule has 0 spiro atoms. The van der Waals surface area contributed by atoms with E-state index in [4.69, 9.17) is 4.55 Å². The third kappa shape index (κ3) is 4.97. The number of carbonyl (C=O) groups is 1. The van der Waals surface area contributed by atoms with Crippen LogP contribution in [0.25, 0.3) is 0 Å². The molecular formula is C11H15NO4S. The maximum absolute atomic E-state index is 11.7. The van der Waals surface area contributed by atoms with Gasteiger partial charge in [-0.3, -0.25) is 9.35 Å². The molecule has 6 heteroatoms. The van der Waals surface area contributed by atoms with Gasteiger partial charge in [0.15, 0.2) is 0 Å². The minimum absolute atomic E-state index is 0.346. The molecule has 1 unspecified atom stereocenters. The highest BCUT2D eigenvalue weighted by Crippen LogP contribution is 2.02. The van der Waals surface area contributed by atoms with Crippen molar-refractivity contribution in [1.29, 1.82) is 0 Å². The Morgan fingerprint density at radius 2 is 1.94 bits per heavy atom. The van der Waals surface area contributed by atoms with Crippen LogP contribution in [0.5, 0.6) is 0 Å². The number of hydrogen-bond donors (Lipinski definition) is 2. The Bertz CT molecular complexity index is 470. The van der Waals surface area contributed by atoms with E-state index in [2.05, 4.69) is 5.32 Å². The van der Waals surface area contributed by atoms with E-state index < -0.39 is 21.9 Å². The van der Waals surface area contributed by atoms with Crippen molar-refractivity contribution >= 4 is 16.0 Å². The maximum Gasteiger partial charge on any atom is 0.266 e. The normalized spacial score (nSPS) is 13.1. The molecule has 0 aliphatic rings. The number of benzene rings is 1. The van der Waals surface area contributed by atoms with Crippen molar-refractivity contribution in [3.63, 3.8) is 0 Å². The molecule has 17 heavy (non-hydrogen) atoms. The fourth-order valence-electron chi connectivity index (χ4n) is 1.37. The molecule has 1 atom stereocenters. The summed E-state index contributed by atoms with van der Waals surface area (Å²) in [5.41, 5.74) is 0.460. The summed E-state index contributed by atoms with van der Waals surface area (Å²) in [5.74, 6) is -0.816. The van der Waals surface area contributed by atoms with Crippen LogP contribution in [-0.4, -0.2) is 30.7 Å².